The Morgan fingerprint density at radius 1 is 1.50 bits per heavy atom. The van der Waals surface area contributed by atoms with Crippen LogP contribution < -0.4 is 0 Å². The molecular formula is C8H9ClN2OS2. The summed E-state index contributed by atoms with van der Waals surface area (Å²) in [4.78, 5) is 8.42. The van der Waals surface area contributed by atoms with Crippen LogP contribution in [-0.4, -0.2) is 34.7 Å². The maximum atomic E-state index is 5.86. The molecule has 3 nitrogen and oxygen atoms in total. The summed E-state index contributed by atoms with van der Waals surface area (Å²) in [5, 5.41) is 2.69. The molecule has 1 aromatic rings. The molecule has 0 unspecified atom stereocenters. The molecule has 0 aliphatic carbocycles. The van der Waals surface area contributed by atoms with Crippen LogP contribution in [0.3, 0.4) is 0 Å². The van der Waals surface area contributed by atoms with Crippen LogP contribution in [0.25, 0.3) is 0 Å². The monoisotopic (exact) mass is 248 g/mol. The average Bonchev–Trinajstić information content (AvgIpc) is 2.10. The van der Waals surface area contributed by atoms with E-state index in [4.69, 9.17) is 16.3 Å². The third kappa shape index (κ3) is 2.53. The zero-order chi connectivity index (χ0) is 9.97. The second kappa shape index (κ2) is 4.70. The van der Waals surface area contributed by atoms with Gasteiger partial charge in [-0.2, -0.15) is 0 Å². The van der Waals surface area contributed by atoms with Crippen LogP contribution in [-0.2, 0) is 4.74 Å². The van der Waals surface area contributed by atoms with Gasteiger partial charge in [-0.05, 0) is 6.26 Å². The maximum Gasteiger partial charge on any atom is 0.189 e. The summed E-state index contributed by atoms with van der Waals surface area (Å²) in [5.41, 5.74) is 0. The van der Waals surface area contributed by atoms with Gasteiger partial charge < -0.3 is 4.74 Å². The maximum absolute atomic E-state index is 5.86. The zero-order valence-corrected chi connectivity index (χ0v) is 9.95. The Bertz CT molecular complexity index is 333. The molecule has 0 aromatic carbocycles. The SMILES string of the molecule is CSc1nc(Cl)cc(SC2COC2)n1. The number of nitrogens with zero attached hydrogens (tertiary/aromatic N) is 2. The topological polar surface area (TPSA) is 35.0 Å². The van der Waals surface area contributed by atoms with Crippen molar-refractivity contribution in [1.29, 1.82) is 0 Å². The lowest BCUT2D eigenvalue weighted by Crippen LogP contribution is -2.30. The minimum Gasteiger partial charge on any atom is -0.379 e. The Labute approximate surface area is 96.0 Å². The minimum absolute atomic E-state index is 0.507. The van der Waals surface area contributed by atoms with Gasteiger partial charge in [0.2, 0.25) is 0 Å². The van der Waals surface area contributed by atoms with E-state index < -0.39 is 0 Å². The summed E-state index contributed by atoms with van der Waals surface area (Å²) in [6.07, 6.45) is 1.94. The molecule has 0 amide bonds. The Morgan fingerprint density at radius 2 is 2.29 bits per heavy atom. The second-order valence-corrected chi connectivity index (χ2v) is 5.27. The molecule has 0 N–H and O–H groups in total. The van der Waals surface area contributed by atoms with Crippen molar-refractivity contribution in [2.75, 3.05) is 19.5 Å². The normalized spacial score (nSPS) is 16.7. The number of thioether (sulfide) groups is 2. The minimum atomic E-state index is 0.507. The molecule has 2 rings (SSSR count). The fraction of sp³-hybridized carbons (Fsp3) is 0.500. The van der Waals surface area contributed by atoms with Gasteiger partial charge in [-0.1, -0.05) is 35.1 Å². The number of hydrogen-bond donors (Lipinski definition) is 0. The molecule has 1 aliphatic rings. The average molecular weight is 249 g/mol. The molecule has 1 aliphatic heterocycles. The Balaban J connectivity index is 2.11. The summed E-state index contributed by atoms with van der Waals surface area (Å²) in [7, 11) is 0. The molecule has 76 valence electrons. The smallest absolute Gasteiger partial charge is 0.189 e. The molecule has 1 aromatic heterocycles. The molecular weight excluding hydrogens is 240 g/mol. The first kappa shape index (κ1) is 10.5. The summed E-state index contributed by atoms with van der Waals surface area (Å²) >= 11 is 9.06. The van der Waals surface area contributed by atoms with Gasteiger partial charge in [0.05, 0.1) is 18.5 Å². The van der Waals surface area contributed by atoms with E-state index >= 15 is 0 Å². The largest absolute Gasteiger partial charge is 0.379 e. The van der Waals surface area contributed by atoms with E-state index in [0.717, 1.165) is 23.4 Å². The highest BCUT2D eigenvalue weighted by atomic mass is 35.5. The fourth-order valence-corrected chi connectivity index (χ4v) is 2.71. The molecule has 0 spiro atoms. The van der Waals surface area contributed by atoms with Gasteiger partial charge in [-0.15, -0.1) is 0 Å². The molecule has 0 atom stereocenters. The van der Waals surface area contributed by atoms with E-state index in [1.54, 1.807) is 17.8 Å². The molecule has 6 heteroatoms. The summed E-state index contributed by atoms with van der Waals surface area (Å²) in [5.74, 6) is 0. The summed E-state index contributed by atoms with van der Waals surface area (Å²) in [6, 6.07) is 1.80. The number of halogens is 1. The predicted molar refractivity (Wildman–Crippen MR) is 59.3 cm³/mol. The van der Waals surface area contributed by atoms with E-state index in [-0.39, 0.29) is 0 Å². The van der Waals surface area contributed by atoms with E-state index in [0.29, 0.717) is 10.4 Å². The fourth-order valence-electron chi connectivity index (χ4n) is 0.982. The van der Waals surface area contributed by atoms with Crippen molar-refractivity contribution in [3.63, 3.8) is 0 Å². The Kier molecular flexibility index (Phi) is 3.54. The van der Waals surface area contributed by atoms with Gasteiger partial charge in [0.1, 0.15) is 10.2 Å². The van der Waals surface area contributed by atoms with Crippen molar-refractivity contribution in [3.05, 3.63) is 11.2 Å². The van der Waals surface area contributed by atoms with Gasteiger partial charge in [0.15, 0.2) is 5.16 Å². The number of ether oxygens (including phenoxy) is 1. The van der Waals surface area contributed by atoms with Crippen LogP contribution in [0.4, 0.5) is 0 Å². The van der Waals surface area contributed by atoms with Crippen LogP contribution in [0.1, 0.15) is 0 Å². The summed E-state index contributed by atoms with van der Waals surface area (Å²) in [6.45, 7) is 1.61. The van der Waals surface area contributed by atoms with E-state index in [1.165, 1.54) is 11.8 Å². The van der Waals surface area contributed by atoms with Crippen molar-refractivity contribution < 1.29 is 4.74 Å². The molecule has 1 fully saturated rings. The van der Waals surface area contributed by atoms with Crippen LogP contribution >= 0.6 is 35.1 Å². The van der Waals surface area contributed by atoms with Crippen molar-refractivity contribution in [2.24, 2.45) is 0 Å². The highest BCUT2D eigenvalue weighted by Crippen LogP contribution is 2.28. The highest BCUT2D eigenvalue weighted by molar-refractivity contribution is 8.00. The van der Waals surface area contributed by atoms with Crippen molar-refractivity contribution >= 4 is 35.1 Å². The van der Waals surface area contributed by atoms with Crippen LogP contribution in [0.5, 0.6) is 0 Å². The Morgan fingerprint density at radius 3 is 2.86 bits per heavy atom. The van der Waals surface area contributed by atoms with Crippen molar-refractivity contribution in [1.82, 2.24) is 9.97 Å². The lowest BCUT2D eigenvalue weighted by Gasteiger charge is -2.24. The highest BCUT2D eigenvalue weighted by Gasteiger charge is 2.20. The van der Waals surface area contributed by atoms with Crippen molar-refractivity contribution in [2.45, 2.75) is 15.4 Å². The lowest BCUT2D eigenvalue weighted by molar-refractivity contribution is 0.0454. The molecule has 0 radical (unpaired) electrons. The van der Waals surface area contributed by atoms with E-state index in [9.17, 15) is 0 Å². The molecule has 0 saturated carbocycles. The molecule has 2 heterocycles. The quantitative estimate of drug-likeness (QED) is 0.466. The second-order valence-electron chi connectivity index (χ2n) is 2.79. The Hall–Kier alpha value is 0.0300. The molecule has 0 bridgehead atoms. The first-order valence-electron chi connectivity index (χ1n) is 4.11. The van der Waals surface area contributed by atoms with Gasteiger partial charge in [-0.25, -0.2) is 9.97 Å². The standard InChI is InChI=1S/C8H9ClN2OS2/c1-13-8-10-6(9)2-7(11-8)14-5-3-12-4-5/h2,5H,3-4H2,1H3. The third-order valence-corrected chi connectivity index (χ3v) is 3.53. The summed E-state index contributed by atoms with van der Waals surface area (Å²) < 4.78 is 5.09. The number of hydrogen-bond acceptors (Lipinski definition) is 5. The lowest BCUT2D eigenvalue weighted by atomic mass is 10.4. The van der Waals surface area contributed by atoms with Crippen LogP contribution in [0.2, 0.25) is 5.15 Å². The first-order chi connectivity index (χ1) is 6.78. The molecule has 14 heavy (non-hydrogen) atoms. The van der Waals surface area contributed by atoms with Gasteiger partial charge in [0.25, 0.3) is 0 Å². The number of aromatic nitrogens is 2. The van der Waals surface area contributed by atoms with E-state index in [1.807, 2.05) is 6.26 Å². The first-order valence-corrected chi connectivity index (χ1v) is 6.59. The van der Waals surface area contributed by atoms with Crippen LogP contribution in [0, 0.1) is 0 Å². The predicted octanol–water partition coefficient (Wildman–Crippen LogP) is 2.34. The van der Waals surface area contributed by atoms with Crippen molar-refractivity contribution in [3.8, 4) is 0 Å². The molecule has 1 saturated heterocycles. The van der Waals surface area contributed by atoms with Gasteiger partial charge in [0, 0.05) is 6.07 Å². The number of rotatable bonds is 3. The van der Waals surface area contributed by atoms with Gasteiger partial charge in [-0.3, -0.25) is 0 Å². The third-order valence-electron chi connectivity index (χ3n) is 1.73. The van der Waals surface area contributed by atoms with E-state index in [2.05, 4.69) is 9.97 Å². The van der Waals surface area contributed by atoms with Gasteiger partial charge >= 0.3 is 0 Å². The van der Waals surface area contributed by atoms with Crippen LogP contribution in [0.15, 0.2) is 16.2 Å². The zero-order valence-electron chi connectivity index (χ0n) is 7.57.